The zero-order valence-corrected chi connectivity index (χ0v) is 17.3. The van der Waals surface area contributed by atoms with Crippen LogP contribution < -0.4 is 9.62 Å². The zero-order chi connectivity index (χ0) is 21.3. The van der Waals surface area contributed by atoms with Gasteiger partial charge in [0.2, 0.25) is 0 Å². The number of furan rings is 1. The van der Waals surface area contributed by atoms with Gasteiger partial charge >= 0.3 is 0 Å². The topological polar surface area (TPSA) is 79.6 Å². The van der Waals surface area contributed by atoms with Crippen molar-refractivity contribution in [1.82, 2.24) is 0 Å². The summed E-state index contributed by atoms with van der Waals surface area (Å²) in [7, 11) is -2.29. The molecule has 0 spiro atoms. The van der Waals surface area contributed by atoms with E-state index < -0.39 is 15.9 Å². The molecule has 6 nitrogen and oxygen atoms in total. The monoisotopic (exact) mass is 420 g/mol. The van der Waals surface area contributed by atoms with Crippen molar-refractivity contribution >= 4 is 38.3 Å². The smallest absolute Gasteiger partial charge is 0.291 e. The number of aryl methyl sites for hydroxylation is 1. The number of nitrogens with one attached hydrogen (secondary N) is 1. The molecule has 1 aromatic heterocycles. The second-order valence-electron chi connectivity index (χ2n) is 6.84. The first-order chi connectivity index (χ1) is 14.4. The van der Waals surface area contributed by atoms with Crippen LogP contribution in [-0.2, 0) is 10.0 Å². The Hall–Kier alpha value is -3.58. The summed E-state index contributed by atoms with van der Waals surface area (Å²) in [6, 6.07) is 22.4. The number of carbonyl (C=O) groups excluding carboxylic acids is 1. The number of rotatable bonds is 5. The summed E-state index contributed by atoms with van der Waals surface area (Å²) in [4.78, 5) is 12.8. The van der Waals surface area contributed by atoms with Gasteiger partial charge in [-0.3, -0.25) is 9.10 Å². The Morgan fingerprint density at radius 1 is 0.933 bits per heavy atom. The maximum absolute atomic E-state index is 13.0. The second kappa shape index (κ2) is 7.68. The number of hydrogen-bond acceptors (Lipinski definition) is 4. The molecule has 1 amide bonds. The lowest BCUT2D eigenvalue weighted by molar-refractivity contribution is 0.0998. The zero-order valence-electron chi connectivity index (χ0n) is 16.5. The Morgan fingerprint density at radius 3 is 2.37 bits per heavy atom. The van der Waals surface area contributed by atoms with Crippen LogP contribution in [0.25, 0.3) is 11.0 Å². The fourth-order valence-electron chi connectivity index (χ4n) is 3.25. The molecule has 0 aliphatic carbocycles. The number of nitrogens with zero attached hydrogens (tertiary/aromatic N) is 1. The van der Waals surface area contributed by atoms with Crippen LogP contribution in [0.4, 0.5) is 11.4 Å². The first-order valence-corrected chi connectivity index (χ1v) is 10.8. The van der Waals surface area contributed by atoms with Crippen molar-refractivity contribution < 1.29 is 17.6 Å². The lowest BCUT2D eigenvalue weighted by Gasteiger charge is -2.19. The number of anilines is 2. The average molecular weight is 420 g/mol. The van der Waals surface area contributed by atoms with Crippen LogP contribution in [0.15, 0.2) is 88.2 Å². The van der Waals surface area contributed by atoms with Gasteiger partial charge in [0.05, 0.1) is 10.6 Å². The molecule has 3 aromatic carbocycles. The predicted octanol–water partition coefficient (Wildman–Crippen LogP) is 4.82. The standard InChI is InChI=1S/C23H20N2O4S/c1-16-20-13-6-7-14-21(20)29-22(16)23(26)24-17-9-8-12-19(15-17)30(27,28)25(2)18-10-4-3-5-11-18/h3-15H,1-2H3,(H,24,26). The van der Waals surface area contributed by atoms with Gasteiger partial charge in [-0.15, -0.1) is 0 Å². The first-order valence-electron chi connectivity index (χ1n) is 9.31. The molecule has 0 bridgehead atoms. The van der Waals surface area contributed by atoms with E-state index in [0.29, 0.717) is 17.0 Å². The summed E-state index contributed by atoms with van der Waals surface area (Å²) in [6.45, 7) is 1.82. The van der Waals surface area contributed by atoms with E-state index in [1.54, 1.807) is 42.5 Å². The van der Waals surface area contributed by atoms with E-state index in [2.05, 4.69) is 5.32 Å². The van der Waals surface area contributed by atoms with E-state index in [1.807, 2.05) is 31.2 Å². The largest absolute Gasteiger partial charge is 0.451 e. The van der Waals surface area contributed by atoms with Gasteiger partial charge in [-0.25, -0.2) is 8.42 Å². The maximum Gasteiger partial charge on any atom is 0.291 e. The molecular formula is C23H20N2O4S. The molecule has 0 saturated heterocycles. The molecule has 4 aromatic rings. The van der Waals surface area contributed by atoms with Crippen molar-refractivity contribution in [3.05, 3.63) is 90.2 Å². The molecule has 1 N–H and O–H groups in total. The van der Waals surface area contributed by atoms with Crippen molar-refractivity contribution in [2.75, 3.05) is 16.7 Å². The van der Waals surface area contributed by atoms with Crippen LogP contribution in [-0.4, -0.2) is 21.4 Å². The Kier molecular flexibility index (Phi) is 5.05. The number of benzene rings is 3. The van der Waals surface area contributed by atoms with Crippen LogP contribution in [0.1, 0.15) is 16.1 Å². The van der Waals surface area contributed by atoms with E-state index in [4.69, 9.17) is 4.42 Å². The van der Waals surface area contributed by atoms with E-state index in [-0.39, 0.29) is 10.7 Å². The molecule has 0 aliphatic heterocycles. The van der Waals surface area contributed by atoms with E-state index >= 15 is 0 Å². The fourth-order valence-corrected chi connectivity index (χ4v) is 4.49. The third-order valence-corrected chi connectivity index (χ3v) is 6.70. The molecule has 4 rings (SSSR count). The summed E-state index contributed by atoms with van der Waals surface area (Å²) in [6.07, 6.45) is 0. The van der Waals surface area contributed by atoms with Crippen LogP contribution in [0.5, 0.6) is 0 Å². The summed E-state index contributed by atoms with van der Waals surface area (Å²) in [5.41, 5.74) is 2.27. The quantitative estimate of drug-likeness (QED) is 0.502. The Balaban J connectivity index is 1.62. The number of sulfonamides is 1. The molecule has 7 heteroatoms. The summed E-state index contributed by atoms with van der Waals surface area (Å²) in [5.74, 6) is -0.236. The highest BCUT2D eigenvalue weighted by molar-refractivity contribution is 7.92. The molecule has 0 aliphatic rings. The minimum absolute atomic E-state index is 0.0768. The highest BCUT2D eigenvalue weighted by Gasteiger charge is 2.22. The van der Waals surface area contributed by atoms with Crippen molar-refractivity contribution in [1.29, 1.82) is 0 Å². The van der Waals surface area contributed by atoms with Crippen molar-refractivity contribution in [2.24, 2.45) is 0 Å². The van der Waals surface area contributed by atoms with Gasteiger partial charge in [-0.05, 0) is 43.3 Å². The molecule has 0 saturated carbocycles. The van der Waals surface area contributed by atoms with Gasteiger partial charge in [0.15, 0.2) is 5.76 Å². The van der Waals surface area contributed by atoms with E-state index in [1.165, 1.54) is 23.5 Å². The fraction of sp³-hybridized carbons (Fsp3) is 0.0870. The van der Waals surface area contributed by atoms with Gasteiger partial charge in [0.25, 0.3) is 15.9 Å². The summed E-state index contributed by atoms with van der Waals surface area (Å²) < 4.78 is 32.9. The number of hydrogen-bond donors (Lipinski definition) is 1. The summed E-state index contributed by atoms with van der Waals surface area (Å²) >= 11 is 0. The molecule has 0 fully saturated rings. The number of fused-ring (bicyclic) bond motifs is 1. The van der Waals surface area contributed by atoms with Gasteiger partial charge in [0, 0.05) is 23.7 Å². The molecule has 30 heavy (non-hydrogen) atoms. The van der Waals surface area contributed by atoms with Gasteiger partial charge in [0.1, 0.15) is 5.58 Å². The van der Waals surface area contributed by atoms with Crippen molar-refractivity contribution in [3.63, 3.8) is 0 Å². The number of carbonyl (C=O) groups is 1. The van der Waals surface area contributed by atoms with Gasteiger partial charge < -0.3 is 9.73 Å². The molecule has 0 radical (unpaired) electrons. The van der Waals surface area contributed by atoms with Crippen molar-refractivity contribution in [3.8, 4) is 0 Å². The van der Waals surface area contributed by atoms with Crippen molar-refractivity contribution in [2.45, 2.75) is 11.8 Å². The van der Waals surface area contributed by atoms with Gasteiger partial charge in [-0.1, -0.05) is 42.5 Å². The normalized spacial score (nSPS) is 11.4. The highest BCUT2D eigenvalue weighted by Crippen LogP contribution is 2.27. The molecular weight excluding hydrogens is 400 g/mol. The molecule has 0 unspecified atom stereocenters. The summed E-state index contributed by atoms with van der Waals surface area (Å²) in [5, 5.41) is 3.60. The lowest BCUT2D eigenvalue weighted by atomic mass is 10.1. The third kappa shape index (κ3) is 3.55. The number of amides is 1. The van der Waals surface area contributed by atoms with E-state index in [9.17, 15) is 13.2 Å². The average Bonchev–Trinajstić information content (AvgIpc) is 3.11. The highest BCUT2D eigenvalue weighted by atomic mass is 32.2. The Morgan fingerprint density at radius 2 is 1.63 bits per heavy atom. The SMILES string of the molecule is Cc1c(C(=O)Nc2cccc(S(=O)(=O)N(C)c3ccccc3)c2)oc2ccccc12. The minimum Gasteiger partial charge on any atom is -0.451 e. The molecule has 152 valence electrons. The lowest BCUT2D eigenvalue weighted by Crippen LogP contribution is -2.26. The van der Waals surface area contributed by atoms with Gasteiger partial charge in [-0.2, -0.15) is 0 Å². The van der Waals surface area contributed by atoms with Crippen LogP contribution in [0.3, 0.4) is 0 Å². The second-order valence-corrected chi connectivity index (χ2v) is 8.81. The minimum atomic E-state index is -3.79. The molecule has 1 heterocycles. The van der Waals surface area contributed by atoms with Crippen LogP contribution in [0, 0.1) is 6.92 Å². The maximum atomic E-state index is 13.0. The van der Waals surface area contributed by atoms with E-state index in [0.717, 1.165) is 10.9 Å². The Labute approximate surface area is 174 Å². The third-order valence-electron chi connectivity index (χ3n) is 4.92. The molecule has 0 atom stereocenters. The van der Waals surface area contributed by atoms with Crippen LogP contribution >= 0.6 is 0 Å². The van der Waals surface area contributed by atoms with Crippen LogP contribution in [0.2, 0.25) is 0 Å². The predicted molar refractivity (Wildman–Crippen MR) is 117 cm³/mol. The first kappa shape index (κ1) is 19.7. The number of para-hydroxylation sites is 2. The Bertz CT molecular complexity index is 1330.